The van der Waals surface area contributed by atoms with Gasteiger partial charge in [0, 0.05) is 28.4 Å². The van der Waals surface area contributed by atoms with E-state index < -0.39 is 0 Å². The Morgan fingerprint density at radius 3 is 2.43 bits per heavy atom. The van der Waals surface area contributed by atoms with Crippen molar-refractivity contribution in [2.75, 3.05) is 0 Å². The molecule has 0 aliphatic carbocycles. The van der Waals surface area contributed by atoms with Crippen LogP contribution in [0.2, 0.25) is 0 Å². The summed E-state index contributed by atoms with van der Waals surface area (Å²) >= 11 is 0. The summed E-state index contributed by atoms with van der Waals surface area (Å²) < 4.78 is 8.50. The van der Waals surface area contributed by atoms with Gasteiger partial charge in [-0.3, -0.25) is 0 Å². The summed E-state index contributed by atoms with van der Waals surface area (Å²) in [5, 5.41) is 4.76. The third-order valence-electron chi connectivity index (χ3n) is 5.58. The van der Waals surface area contributed by atoms with E-state index in [0.29, 0.717) is 6.54 Å². The van der Waals surface area contributed by atoms with E-state index in [1.807, 2.05) is 12.1 Å². The molecule has 28 heavy (non-hydrogen) atoms. The van der Waals surface area contributed by atoms with Crippen molar-refractivity contribution >= 4 is 43.7 Å². The Balaban J connectivity index is 1.90. The van der Waals surface area contributed by atoms with Gasteiger partial charge in [0.25, 0.3) is 0 Å². The van der Waals surface area contributed by atoms with Crippen LogP contribution in [0.15, 0.2) is 89.3 Å². The van der Waals surface area contributed by atoms with Gasteiger partial charge >= 0.3 is 0 Å². The molecule has 0 saturated carbocycles. The Morgan fingerprint density at radius 2 is 1.54 bits per heavy atom. The highest BCUT2D eigenvalue weighted by molar-refractivity contribution is 6.24. The highest BCUT2D eigenvalue weighted by Gasteiger charge is 2.18. The van der Waals surface area contributed by atoms with E-state index in [0.717, 1.165) is 33.2 Å². The summed E-state index contributed by atoms with van der Waals surface area (Å²) in [4.78, 5) is 0. The van der Waals surface area contributed by atoms with E-state index in [1.165, 1.54) is 21.8 Å². The second kappa shape index (κ2) is 5.72. The van der Waals surface area contributed by atoms with E-state index in [2.05, 4.69) is 77.4 Å². The lowest BCUT2D eigenvalue weighted by atomic mass is 10.1. The molecule has 0 radical (unpaired) electrons. The predicted molar refractivity (Wildman–Crippen MR) is 116 cm³/mol. The molecule has 3 heteroatoms. The number of hydrogen-bond donors (Lipinski definition) is 1. The maximum Gasteiger partial charge on any atom is 0.137 e. The van der Waals surface area contributed by atoms with E-state index >= 15 is 0 Å². The summed E-state index contributed by atoms with van der Waals surface area (Å²) in [7, 11) is 0. The van der Waals surface area contributed by atoms with Gasteiger partial charge in [0.2, 0.25) is 0 Å². The standard InChI is InChI=1S/C25H18N2O/c26-15-16-6-5-7-17(14-16)27-21-10-3-1-8-18(21)19-12-13-23-24(25(19)27)20-9-2-4-11-22(20)28-23/h1-14H,15,26H2. The minimum atomic E-state index is 0.523. The van der Waals surface area contributed by atoms with Crippen molar-refractivity contribution in [3.63, 3.8) is 0 Å². The molecule has 0 aliphatic heterocycles. The van der Waals surface area contributed by atoms with Crippen LogP contribution < -0.4 is 5.73 Å². The molecule has 0 atom stereocenters. The number of furan rings is 1. The molecule has 0 unspecified atom stereocenters. The van der Waals surface area contributed by atoms with Crippen molar-refractivity contribution in [1.82, 2.24) is 4.57 Å². The van der Waals surface area contributed by atoms with Crippen LogP contribution in [-0.2, 0) is 6.54 Å². The van der Waals surface area contributed by atoms with Crippen molar-refractivity contribution in [2.45, 2.75) is 6.54 Å². The van der Waals surface area contributed by atoms with E-state index in [-0.39, 0.29) is 0 Å². The van der Waals surface area contributed by atoms with Crippen LogP contribution in [-0.4, -0.2) is 4.57 Å². The number of benzene rings is 4. The van der Waals surface area contributed by atoms with Crippen LogP contribution in [0.3, 0.4) is 0 Å². The van der Waals surface area contributed by atoms with Crippen LogP contribution in [0.5, 0.6) is 0 Å². The largest absolute Gasteiger partial charge is 0.456 e. The Kier molecular flexibility index (Phi) is 3.16. The molecular formula is C25H18N2O. The van der Waals surface area contributed by atoms with Gasteiger partial charge in [0.1, 0.15) is 11.2 Å². The Labute approximate surface area is 161 Å². The average Bonchev–Trinajstić information content (AvgIpc) is 3.29. The zero-order chi connectivity index (χ0) is 18.7. The molecular weight excluding hydrogens is 344 g/mol. The van der Waals surface area contributed by atoms with Crippen LogP contribution in [0.4, 0.5) is 0 Å². The van der Waals surface area contributed by atoms with E-state index in [1.54, 1.807) is 0 Å². The fraction of sp³-hybridized carbons (Fsp3) is 0.0400. The van der Waals surface area contributed by atoms with Crippen molar-refractivity contribution in [3.8, 4) is 5.69 Å². The van der Waals surface area contributed by atoms with Gasteiger partial charge in [-0.25, -0.2) is 0 Å². The van der Waals surface area contributed by atoms with Gasteiger partial charge in [-0.1, -0.05) is 48.5 Å². The van der Waals surface area contributed by atoms with Crippen molar-refractivity contribution < 1.29 is 4.42 Å². The fourth-order valence-corrected chi connectivity index (χ4v) is 4.36. The number of hydrogen-bond acceptors (Lipinski definition) is 2. The molecule has 0 bridgehead atoms. The highest BCUT2D eigenvalue weighted by Crippen LogP contribution is 2.40. The molecule has 134 valence electrons. The topological polar surface area (TPSA) is 44.1 Å². The number of aromatic nitrogens is 1. The molecule has 4 aromatic carbocycles. The third kappa shape index (κ3) is 2.02. The molecule has 6 aromatic rings. The number of fused-ring (bicyclic) bond motifs is 7. The average molecular weight is 362 g/mol. The summed E-state index contributed by atoms with van der Waals surface area (Å²) in [6, 6.07) is 29.5. The number of rotatable bonds is 2. The summed E-state index contributed by atoms with van der Waals surface area (Å²) in [6.07, 6.45) is 0. The zero-order valence-corrected chi connectivity index (χ0v) is 15.2. The van der Waals surface area contributed by atoms with Gasteiger partial charge < -0.3 is 14.7 Å². The molecule has 0 fully saturated rings. The van der Waals surface area contributed by atoms with Gasteiger partial charge in [0.15, 0.2) is 0 Å². The van der Waals surface area contributed by atoms with Gasteiger partial charge in [-0.2, -0.15) is 0 Å². The maximum atomic E-state index is 6.16. The molecule has 0 amide bonds. The maximum absolute atomic E-state index is 6.16. The summed E-state index contributed by atoms with van der Waals surface area (Å²) in [6.45, 7) is 0.523. The van der Waals surface area contributed by atoms with Crippen LogP contribution in [0, 0.1) is 0 Å². The van der Waals surface area contributed by atoms with E-state index in [9.17, 15) is 0 Å². The predicted octanol–water partition coefficient (Wildman–Crippen LogP) is 6.14. The van der Waals surface area contributed by atoms with E-state index in [4.69, 9.17) is 10.2 Å². The smallest absolute Gasteiger partial charge is 0.137 e. The first kappa shape index (κ1) is 15.5. The summed E-state index contributed by atoms with van der Waals surface area (Å²) in [5.74, 6) is 0. The lowest BCUT2D eigenvalue weighted by Crippen LogP contribution is -1.99. The number of para-hydroxylation sites is 2. The molecule has 0 saturated heterocycles. The SMILES string of the molecule is NCc1cccc(-n2c3ccccc3c3ccc4oc5ccccc5c4c32)c1. The lowest BCUT2D eigenvalue weighted by Gasteiger charge is -2.10. The quantitative estimate of drug-likeness (QED) is 0.402. The minimum absolute atomic E-state index is 0.523. The first-order valence-electron chi connectivity index (χ1n) is 9.48. The molecule has 0 spiro atoms. The molecule has 2 heterocycles. The first-order valence-corrected chi connectivity index (χ1v) is 9.48. The fourth-order valence-electron chi connectivity index (χ4n) is 4.36. The minimum Gasteiger partial charge on any atom is -0.456 e. The molecule has 2 N–H and O–H groups in total. The summed E-state index contributed by atoms with van der Waals surface area (Å²) in [5.41, 5.74) is 12.3. The molecule has 0 aliphatic rings. The van der Waals surface area contributed by atoms with Gasteiger partial charge in [-0.15, -0.1) is 0 Å². The van der Waals surface area contributed by atoms with Gasteiger partial charge in [0.05, 0.1) is 16.4 Å². The van der Waals surface area contributed by atoms with Crippen molar-refractivity contribution in [3.05, 3.63) is 90.5 Å². The first-order chi connectivity index (χ1) is 13.8. The Hall–Kier alpha value is -3.56. The van der Waals surface area contributed by atoms with Gasteiger partial charge in [-0.05, 0) is 42.0 Å². The Bertz CT molecular complexity index is 1500. The molecule has 2 aromatic heterocycles. The second-order valence-corrected chi connectivity index (χ2v) is 7.16. The van der Waals surface area contributed by atoms with Crippen LogP contribution >= 0.6 is 0 Å². The molecule has 6 rings (SSSR count). The van der Waals surface area contributed by atoms with Crippen LogP contribution in [0.1, 0.15) is 5.56 Å². The second-order valence-electron chi connectivity index (χ2n) is 7.16. The number of nitrogens with zero attached hydrogens (tertiary/aromatic N) is 1. The highest BCUT2D eigenvalue weighted by atomic mass is 16.3. The normalized spacial score (nSPS) is 11.9. The Morgan fingerprint density at radius 1 is 0.714 bits per heavy atom. The van der Waals surface area contributed by atoms with Crippen molar-refractivity contribution in [1.29, 1.82) is 0 Å². The van der Waals surface area contributed by atoms with Crippen molar-refractivity contribution in [2.24, 2.45) is 5.73 Å². The number of nitrogens with two attached hydrogens (primary N) is 1. The molecule has 3 nitrogen and oxygen atoms in total. The zero-order valence-electron chi connectivity index (χ0n) is 15.2. The third-order valence-corrected chi connectivity index (χ3v) is 5.58. The monoisotopic (exact) mass is 362 g/mol. The lowest BCUT2D eigenvalue weighted by molar-refractivity contribution is 0.669. The van der Waals surface area contributed by atoms with Crippen LogP contribution in [0.25, 0.3) is 49.4 Å².